The fourth-order valence-corrected chi connectivity index (χ4v) is 3.00. The van der Waals surface area contributed by atoms with Crippen molar-refractivity contribution in [2.75, 3.05) is 7.11 Å². The van der Waals surface area contributed by atoms with E-state index in [4.69, 9.17) is 10.5 Å². The van der Waals surface area contributed by atoms with Crippen molar-refractivity contribution in [2.45, 2.75) is 19.9 Å². The van der Waals surface area contributed by atoms with Gasteiger partial charge in [-0.25, -0.2) is 8.78 Å². The number of rotatable bonds is 3. The van der Waals surface area contributed by atoms with Crippen LogP contribution >= 0.6 is 15.9 Å². The maximum Gasteiger partial charge on any atom is 0.127 e. The second-order valence-electron chi connectivity index (χ2n) is 4.93. The van der Waals surface area contributed by atoms with E-state index in [9.17, 15) is 8.78 Å². The molecule has 1 unspecified atom stereocenters. The van der Waals surface area contributed by atoms with Crippen LogP contribution in [0.25, 0.3) is 0 Å². The lowest BCUT2D eigenvalue weighted by atomic mass is 9.93. The van der Waals surface area contributed by atoms with Crippen molar-refractivity contribution in [3.63, 3.8) is 0 Å². The zero-order valence-corrected chi connectivity index (χ0v) is 13.6. The van der Waals surface area contributed by atoms with Gasteiger partial charge in [-0.1, -0.05) is 15.9 Å². The quantitative estimate of drug-likeness (QED) is 0.885. The van der Waals surface area contributed by atoms with Crippen LogP contribution in [0.5, 0.6) is 5.75 Å². The molecule has 2 nitrogen and oxygen atoms in total. The number of hydrogen-bond acceptors (Lipinski definition) is 2. The van der Waals surface area contributed by atoms with Crippen molar-refractivity contribution in [1.29, 1.82) is 0 Å². The Hall–Kier alpha value is -1.46. The van der Waals surface area contributed by atoms with Crippen molar-refractivity contribution in [1.82, 2.24) is 0 Å². The van der Waals surface area contributed by atoms with Crippen LogP contribution in [-0.2, 0) is 0 Å². The Balaban J connectivity index is 2.64. The van der Waals surface area contributed by atoms with Gasteiger partial charge in [-0.2, -0.15) is 0 Å². The summed E-state index contributed by atoms with van der Waals surface area (Å²) in [5.74, 6) is -0.666. The van der Waals surface area contributed by atoms with Gasteiger partial charge in [0.15, 0.2) is 0 Å². The Labute approximate surface area is 131 Å². The smallest absolute Gasteiger partial charge is 0.127 e. The lowest BCUT2D eigenvalue weighted by Gasteiger charge is -2.21. The first-order valence-corrected chi connectivity index (χ1v) is 7.19. The summed E-state index contributed by atoms with van der Waals surface area (Å²) in [5.41, 5.74) is 9.10. The molecule has 0 amide bonds. The number of halogens is 3. The van der Waals surface area contributed by atoms with Gasteiger partial charge in [0.05, 0.1) is 13.2 Å². The van der Waals surface area contributed by atoms with E-state index in [0.717, 1.165) is 27.2 Å². The van der Waals surface area contributed by atoms with Crippen molar-refractivity contribution in [3.05, 3.63) is 62.6 Å². The van der Waals surface area contributed by atoms with Crippen molar-refractivity contribution >= 4 is 15.9 Å². The molecule has 0 aliphatic heterocycles. The monoisotopic (exact) mass is 355 g/mol. The molecule has 2 rings (SSSR count). The summed E-state index contributed by atoms with van der Waals surface area (Å²) >= 11 is 3.47. The molecule has 2 N–H and O–H groups in total. The summed E-state index contributed by atoms with van der Waals surface area (Å²) < 4.78 is 33.1. The van der Waals surface area contributed by atoms with Crippen LogP contribution in [0.15, 0.2) is 28.7 Å². The Bertz CT molecular complexity index is 668. The minimum absolute atomic E-state index is 0.367. The average Bonchev–Trinajstić information content (AvgIpc) is 2.40. The molecule has 2 aromatic carbocycles. The second-order valence-corrected chi connectivity index (χ2v) is 5.78. The summed E-state index contributed by atoms with van der Waals surface area (Å²) in [5, 5.41) is 0. The lowest BCUT2D eigenvalue weighted by Crippen LogP contribution is -2.16. The van der Waals surface area contributed by atoms with Gasteiger partial charge in [-0.3, -0.25) is 0 Å². The number of nitrogens with two attached hydrogens (primary N) is 1. The molecule has 0 spiro atoms. The Morgan fingerprint density at radius 1 is 1.10 bits per heavy atom. The average molecular weight is 356 g/mol. The van der Waals surface area contributed by atoms with Gasteiger partial charge in [-0.15, -0.1) is 0 Å². The predicted molar refractivity (Wildman–Crippen MR) is 82.6 cm³/mol. The molecule has 0 bridgehead atoms. The Morgan fingerprint density at radius 3 is 2.19 bits per heavy atom. The van der Waals surface area contributed by atoms with Crippen LogP contribution in [0.3, 0.4) is 0 Å². The molecule has 112 valence electrons. The summed E-state index contributed by atoms with van der Waals surface area (Å²) in [6, 6.07) is 4.55. The molecule has 0 saturated carbocycles. The van der Waals surface area contributed by atoms with Crippen LogP contribution in [0.4, 0.5) is 8.78 Å². The Morgan fingerprint density at radius 2 is 1.67 bits per heavy atom. The molecule has 0 aliphatic carbocycles. The van der Waals surface area contributed by atoms with E-state index >= 15 is 0 Å². The molecule has 0 heterocycles. The highest BCUT2D eigenvalue weighted by Gasteiger charge is 2.21. The second kappa shape index (κ2) is 6.12. The number of benzene rings is 2. The van der Waals surface area contributed by atoms with Gasteiger partial charge in [0.25, 0.3) is 0 Å². The summed E-state index contributed by atoms with van der Waals surface area (Å²) in [7, 11) is 1.55. The fourth-order valence-electron chi connectivity index (χ4n) is 2.44. The SMILES string of the molecule is COc1c(C)cc(Br)c(C)c1C(N)c1cc(F)cc(F)c1. The maximum absolute atomic E-state index is 13.4. The zero-order chi connectivity index (χ0) is 15.7. The largest absolute Gasteiger partial charge is 0.496 e. The summed E-state index contributed by atoms with van der Waals surface area (Å²) in [6.07, 6.45) is 0. The highest BCUT2D eigenvalue weighted by Crippen LogP contribution is 2.38. The molecule has 0 aliphatic rings. The highest BCUT2D eigenvalue weighted by molar-refractivity contribution is 9.10. The van der Waals surface area contributed by atoms with E-state index in [0.29, 0.717) is 11.3 Å². The standard InChI is InChI=1S/C16H16BrF2NO/c1-8-4-13(17)9(2)14(16(8)21-3)15(20)10-5-11(18)7-12(19)6-10/h4-7,15H,20H2,1-3H3. The van der Waals surface area contributed by atoms with Crippen LogP contribution < -0.4 is 10.5 Å². The minimum atomic E-state index is -0.679. The number of methoxy groups -OCH3 is 1. The molecule has 21 heavy (non-hydrogen) atoms. The minimum Gasteiger partial charge on any atom is -0.496 e. The van der Waals surface area contributed by atoms with Gasteiger partial charge >= 0.3 is 0 Å². The third kappa shape index (κ3) is 3.09. The van der Waals surface area contributed by atoms with Crippen molar-refractivity contribution < 1.29 is 13.5 Å². The third-order valence-electron chi connectivity index (χ3n) is 3.47. The van der Waals surface area contributed by atoms with Crippen LogP contribution in [0, 0.1) is 25.5 Å². The molecule has 0 fully saturated rings. The van der Waals surface area contributed by atoms with Gasteiger partial charge in [0.2, 0.25) is 0 Å². The molecule has 2 aromatic rings. The highest BCUT2D eigenvalue weighted by atomic mass is 79.9. The molecular weight excluding hydrogens is 340 g/mol. The number of aryl methyl sites for hydroxylation is 1. The molecule has 5 heteroatoms. The topological polar surface area (TPSA) is 35.2 Å². The van der Waals surface area contributed by atoms with Gasteiger partial charge in [0, 0.05) is 16.1 Å². The van der Waals surface area contributed by atoms with Crippen LogP contribution in [0.1, 0.15) is 28.3 Å². The lowest BCUT2D eigenvalue weighted by molar-refractivity contribution is 0.404. The third-order valence-corrected chi connectivity index (χ3v) is 4.29. The first kappa shape index (κ1) is 15.9. The van der Waals surface area contributed by atoms with Gasteiger partial charge in [-0.05, 0) is 48.7 Å². The van der Waals surface area contributed by atoms with Crippen LogP contribution in [-0.4, -0.2) is 7.11 Å². The number of ether oxygens (including phenoxy) is 1. The fraction of sp³-hybridized carbons (Fsp3) is 0.250. The van der Waals surface area contributed by atoms with E-state index < -0.39 is 17.7 Å². The summed E-state index contributed by atoms with van der Waals surface area (Å²) in [6.45, 7) is 3.78. The van der Waals surface area contributed by atoms with Gasteiger partial charge in [0.1, 0.15) is 17.4 Å². The van der Waals surface area contributed by atoms with Crippen molar-refractivity contribution in [2.24, 2.45) is 5.73 Å². The maximum atomic E-state index is 13.4. The molecule has 0 saturated heterocycles. The van der Waals surface area contributed by atoms with E-state index in [-0.39, 0.29) is 0 Å². The Kier molecular flexibility index (Phi) is 4.64. The first-order chi connectivity index (χ1) is 9.85. The van der Waals surface area contributed by atoms with E-state index in [1.54, 1.807) is 7.11 Å². The van der Waals surface area contributed by atoms with E-state index in [2.05, 4.69) is 15.9 Å². The molecule has 0 aromatic heterocycles. The molecule has 0 radical (unpaired) electrons. The zero-order valence-electron chi connectivity index (χ0n) is 12.0. The predicted octanol–water partition coefficient (Wildman–Crippen LogP) is 4.40. The molecule has 1 atom stereocenters. The number of hydrogen-bond donors (Lipinski definition) is 1. The van der Waals surface area contributed by atoms with Crippen LogP contribution in [0.2, 0.25) is 0 Å². The van der Waals surface area contributed by atoms with Gasteiger partial charge < -0.3 is 10.5 Å². The van der Waals surface area contributed by atoms with E-state index in [1.165, 1.54) is 12.1 Å². The normalized spacial score (nSPS) is 12.3. The first-order valence-electron chi connectivity index (χ1n) is 6.40. The summed E-state index contributed by atoms with van der Waals surface area (Å²) in [4.78, 5) is 0. The molecular formula is C16H16BrF2NO. The van der Waals surface area contributed by atoms with Crippen molar-refractivity contribution in [3.8, 4) is 5.75 Å². The van der Waals surface area contributed by atoms with E-state index in [1.807, 2.05) is 19.9 Å².